The minimum Gasteiger partial charge on any atom is -0.497 e. The number of ether oxygens (including phenoxy) is 2. The summed E-state index contributed by atoms with van der Waals surface area (Å²) in [6.07, 6.45) is 4.75. The lowest BCUT2D eigenvalue weighted by Crippen LogP contribution is -2.19. The Morgan fingerprint density at radius 1 is 1.30 bits per heavy atom. The zero-order chi connectivity index (χ0) is 16.5. The Hall–Kier alpha value is -2.61. The largest absolute Gasteiger partial charge is 0.497 e. The summed E-state index contributed by atoms with van der Waals surface area (Å²) in [6, 6.07) is 7.03. The molecule has 1 N–H and O–H groups in total. The molecule has 0 radical (unpaired) electrons. The van der Waals surface area contributed by atoms with Crippen molar-refractivity contribution < 1.29 is 14.3 Å². The molecule has 0 unspecified atom stereocenters. The van der Waals surface area contributed by atoms with Crippen LogP contribution in [0.3, 0.4) is 0 Å². The Balaban J connectivity index is 1.89. The number of nitrogens with zero attached hydrogens (tertiary/aromatic N) is 3. The molecule has 0 aliphatic carbocycles. The van der Waals surface area contributed by atoms with Crippen molar-refractivity contribution in [2.75, 3.05) is 20.0 Å². The first-order valence-corrected chi connectivity index (χ1v) is 7.65. The van der Waals surface area contributed by atoms with E-state index in [-0.39, 0.29) is 11.7 Å². The van der Waals surface area contributed by atoms with E-state index in [1.54, 1.807) is 50.9 Å². The average Bonchev–Trinajstić information content (AvgIpc) is 2.60. The smallest absolute Gasteiger partial charge is 0.250 e. The van der Waals surface area contributed by atoms with E-state index >= 15 is 0 Å². The molecule has 0 aliphatic rings. The van der Waals surface area contributed by atoms with Crippen LogP contribution in [0.25, 0.3) is 0 Å². The van der Waals surface area contributed by atoms with Crippen molar-refractivity contribution in [1.29, 1.82) is 0 Å². The first kappa shape index (κ1) is 16.8. The highest BCUT2D eigenvalue weighted by Gasteiger charge is 2.05. The number of hydrogen-bond donors (Lipinski definition) is 1. The summed E-state index contributed by atoms with van der Waals surface area (Å²) in [5.41, 5.74) is 3.15. The Kier molecular flexibility index (Phi) is 6.37. The van der Waals surface area contributed by atoms with Crippen molar-refractivity contribution in [2.24, 2.45) is 5.10 Å². The molecule has 1 aromatic heterocycles. The number of thioether (sulfide) groups is 1. The zero-order valence-electron chi connectivity index (χ0n) is 12.7. The number of rotatable bonds is 7. The molecule has 7 nitrogen and oxygen atoms in total. The van der Waals surface area contributed by atoms with Crippen molar-refractivity contribution in [3.05, 3.63) is 42.2 Å². The van der Waals surface area contributed by atoms with Crippen LogP contribution in [0, 0.1) is 0 Å². The monoisotopic (exact) mass is 332 g/mol. The van der Waals surface area contributed by atoms with Crippen molar-refractivity contribution in [2.45, 2.75) is 5.16 Å². The van der Waals surface area contributed by atoms with E-state index in [0.717, 1.165) is 0 Å². The number of carbonyl (C=O) groups excluding carboxylic acids is 1. The number of carbonyl (C=O) groups is 1. The Morgan fingerprint density at radius 2 is 2.09 bits per heavy atom. The van der Waals surface area contributed by atoms with Crippen LogP contribution >= 0.6 is 11.8 Å². The summed E-state index contributed by atoms with van der Waals surface area (Å²) in [7, 11) is 3.14. The lowest BCUT2D eigenvalue weighted by Gasteiger charge is -2.06. The second kappa shape index (κ2) is 8.74. The second-order valence-electron chi connectivity index (χ2n) is 4.22. The molecule has 2 aromatic rings. The molecule has 0 spiro atoms. The van der Waals surface area contributed by atoms with Crippen molar-refractivity contribution >= 4 is 23.9 Å². The molecule has 2 rings (SSSR count). The Bertz CT molecular complexity index is 680. The van der Waals surface area contributed by atoms with Crippen LogP contribution in [0.5, 0.6) is 11.5 Å². The van der Waals surface area contributed by atoms with Gasteiger partial charge in [0, 0.05) is 18.0 Å². The zero-order valence-corrected chi connectivity index (χ0v) is 13.5. The fourth-order valence-electron chi connectivity index (χ4n) is 1.64. The van der Waals surface area contributed by atoms with Crippen molar-refractivity contribution in [3.63, 3.8) is 0 Å². The topological polar surface area (TPSA) is 85.7 Å². The van der Waals surface area contributed by atoms with Gasteiger partial charge in [-0.3, -0.25) is 4.79 Å². The SMILES string of the molecule is COc1ccc(OC)c(/C=N/NC(=O)CSc2ncccn2)c1. The molecule has 1 heterocycles. The van der Waals surface area contributed by atoms with Crippen LogP contribution in [0.1, 0.15) is 5.56 Å². The summed E-state index contributed by atoms with van der Waals surface area (Å²) in [5.74, 6) is 1.24. The lowest BCUT2D eigenvalue weighted by molar-refractivity contribution is -0.118. The highest BCUT2D eigenvalue weighted by molar-refractivity contribution is 7.99. The minimum absolute atomic E-state index is 0.177. The van der Waals surface area contributed by atoms with E-state index in [0.29, 0.717) is 22.2 Å². The summed E-state index contributed by atoms with van der Waals surface area (Å²) in [5, 5.41) is 4.47. The van der Waals surface area contributed by atoms with E-state index in [1.165, 1.54) is 18.0 Å². The van der Waals surface area contributed by atoms with Gasteiger partial charge >= 0.3 is 0 Å². The van der Waals surface area contributed by atoms with Crippen LogP contribution in [0.15, 0.2) is 46.9 Å². The van der Waals surface area contributed by atoms with Crippen LogP contribution in [-0.2, 0) is 4.79 Å². The van der Waals surface area contributed by atoms with Gasteiger partial charge in [0.05, 0.1) is 26.2 Å². The van der Waals surface area contributed by atoms with Gasteiger partial charge in [-0.25, -0.2) is 15.4 Å². The van der Waals surface area contributed by atoms with Gasteiger partial charge in [-0.1, -0.05) is 11.8 Å². The molecule has 0 saturated heterocycles. The predicted octanol–water partition coefficient (Wildman–Crippen LogP) is 1.74. The molecule has 1 aromatic carbocycles. The number of methoxy groups -OCH3 is 2. The molecular formula is C15H16N4O3S. The van der Waals surface area contributed by atoms with Gasteiger partial charge < -0.3 is 9.47 Å². The Labute approximate surface area is 138 Å². The van der Waals surface area contributed by atoms with E-state index < -0.39 is 0 Å². The summed E-state index contributed by atoms with van der Waals surface area (Å²) in [4.78, 5) is 19.8. The third kappa shape index (κ3) is 5.26. The van der Waals surface area contributed by atoms with Crippen LogP contribution in [0.4, 0.5) is 0 Å². The first-order valence-electron chi connectivity index (χ1n) is 6.66. The highest BCUT2D eigenvalue weighted by Crippen LogP contribution is 2.22. The van der Waals surface area contributed by atoms with E-state index in [9.17, 15) is 4.79 Å². The van der Waals surface area contributed by atoms with Crippen LogP contribution in [0.2, 0.25) is 0 Å². The number of aromatic nitrogens is 2. The quantitative estimate of drug-likeness (QED) is 0.360. The molecule has 8 heteroatoms. The summed E-state index contributed by atoms with van der Waals surface area (Å²) in [6.45, 7) is 0. The molecule has 1 amide bonds. The normalized spacial score (nSPS) is 10.5. The van der Waals surface area contributed by atoms with Gasteiger partial charge in [0.25, 0.3) is 5.91 Å². The number of amides is 1. The van der Waals surface area contributed by atoms with Gasteiger partial charge in [-0.05, 0) is 24.3 Å². The molecule has 23 heavy (non-hydrogen) atoms. The highest BCUT2D eigenvalue weighted by atomic mass is 32.2. The molecule has 120 valence electrons. The fourth-order valence-corrected chi connectivity index (χ4v) is 2.23. The molecule has 0 aliphatic heterocycles. The van der Waals surface area contributed by atoms with Crippen LogP contribution in [-0.4, -0.2) is 42.1 Å². The third-order valence-electron chi connectivity index (χ3n) is 2.70. The predicted molar refractivity (Wildman–Crippen MR) is 88.0 cm³/mol. The summed E-state index contributed by atoms with van der Waals surface area (Å²) < 4.78 is 10.4. The maximum Gasteiger partial charge on any atom is 0.250 e. The van der Waals surface area contributed by atoms with Gasteiger partial charge in [-0.15, -0.1) is 0 Å². The van der Waals surface area contributed by atoms with Gasteiger partial charge in [0.2, 0.25) is 0 Å². The third-order valence-corrected chi connectivity index (χ3v) is 3.58. The number of benzene rings is 1. The first-order chi connectivity index (χ1) is 11.2. The molecule has 0 atom stereocenters. The number of hydrazone groups is 1. The molecule has 0 fully saturated rings. The number of nitrogens with one attached hydrogen (secondary N) is 1. The van der Waals surface area contributed by atoms with E-state index in [2.05, 4.69) is 20.5 Å². The van der Waals surface area contributed by atoms with E-state index in [1.807, 2.05) is 0 Å². The number of hydrogen-bond acceptors (Lipinski definition) is 7. The van der Waals surface area contributed by atoms with E-state index in [4.69, 9.17) is 9.47 Å². The summed E-state index contributed by atoms with van der Waals surface area (Å²) >= 11 is 1.24. The molecular weight excluding hydrogens is 316 g/mol. The second-order valence-corrected chi connectivity index (χ2v) is 5.16. The molecule has 0 saturated carbocycles. The minimum atomic E-state index is -0.249. The fraction of sp³-hybridized carbons (Fsp3) is 0.200. The maximum atomic E-state index is 11.7. The lowest BCUT2D eigenvalue weighted by atomic mass is 10.2. The standard InChI is InChI=1S/C15H16N4O3S/c1-21-12-4-5-13(22-2)11(8-12)9-18-19-14(20)10-23-15-16-6-3-7-17-15/h3-9H,10H2,1-2H3,(H,19,20)/b18-9+. The van der Waals surface area contributed by atoms with Crippen LogP contribution < -0.4 is 14.9 Å². The average molecular weight is 332 g/mol. The molecule has 0 bridgehead atoms. The van der Waals surface area contributed by atoms with Gasteiger partial charge in [-0.2, -0.15) is 5.10 Å². The Morgan fingerprint density at radius 3 is 2.78 bits per heavy atom. The van der Waals surface area contributed by atoms with Gasteiger partial charge in [0.1, 0.15) is 11.5 Å². The van der Waals surface area contributed by atoms with Crippen molar-refractivity contribution in [3.8, 4) is 11.5 Å². The van der Waals surface area contributed by atoms with Crippen molar-refractivity contribution in [1.82, 2.24) is 15.4 Å². The van der Waals surface area contributed by atoms with Gasteiger partial charge in [0.15, 0.2) is 5.16 Å². The maximum absolute atomic E-state index is 11.7.